The maximum absolute atomic E-state index is 10.5. The van der Waals surface area contributed by atoms with E-state index in [4.69, 9.17) is 22.4 Å². The minimum atomic E-state index is -1.01. The van der Waals surface area contributed by atoms with E-state index in [1.807, 2.05) is 0 Å². The van der Waals surface area contributed by atoms with Gasteiger partial charge in [0, 0.05) is 9.50 Å². The smallest absolute Gasteiger partial charge is 0.320 e. The summed E-state index contributed by atoms with van der Waals surface area (Å²) in [6.45, 7) is 0. The second-order valence-corrected chi connectivity index (χ2v) is 4.28. The van der Waals surface area contributed by atoms with Crippen LogP contribution in [0.25, 0.3) is 0 Å². The fraction of sp³-hybridized carbons (Fsp3) is 0.222. The first-order valence-corrected chi connectivity index (χ1v) is 5.09. The fourth-order valence-corrected chi connectivity index (χ4v) is 2.00. The second kappa shape index (κ2) is 4.77. The molecule has 1 aromatic rings. The van der Waals surface area contributed by atoms with Gasteiger partial charge in [-0.05, 0) is 30.2 Å². The Morgan fingerprint density at radius 1 is 1.57 bits per heavy atom. The minimum absolute atomic E-state index is 0.272. The first-order valence-electron chi connectivity index (χ1n) is 3.92. The monoisotopic (exact) mass is 277 g/mol. The van der Waals surface area contributed by atoms with E-state index in [-0.39, 0.29) is 6.42 Å². The SMILES string of the molecule is N[C@H](Cc1cc(Cl)cc(Br)c1)C(=O)O. The van der Waals surface area contributed by atoms with Crippen LogP contribution in [0.1, 0.15) is 5.56 Å². The Balaban J connectivity index is 2.81. The number of halogens is 2. The van der Waals surface area contributed by atoms with Crippen molar-refractivity contribution in [1.82, 2.24) is 0 Å². The van der Waals surface area contributed by atoms with Gasteiger partial charge in [0.05, 0.1) is 0 Å². The molecule has 1 atom stereocenters. The predicted octanol–water partition coefficient (Wildman–Crippen LogP) is 2.06. The van der Waals surface area contributed by atoms with Crippen molar-refractivity contribution in [2.75, 3.05) is 0 Å². The molecule has 3 N–H and O–H groups in total. The summed E-state index contributed by atoms with van der Waals surface area (Å²) in [5.41, 5.74) is 6.20. The molecule has 3 nitrogen and oxygen atoms in total. The van der Waals surface area contributed by atoms with E-state index in [2.05, 4.69) is 15.9 Å². The molecule has 0 saturated carbocycles. The van der Waals surface area contributed by atoms with Gasteiger partial charge in [-0.1, -0.05) is 27.5 Å². The van der Waals surface area contributed by atoms with E-state index in [1.165, 1.54) is 0 Å². The first-order chi connectivity index (χ1) is 6.49. The van der Waals surface area contributed by atoms with E-state index in [0.29, 0.717) is 5.02 Å². The average Bonchev–Trinajstić information content (AvgIpc) is 2.01. The molecule has 0 saturated heterocycles. The molecule has 14 heavy (non-hydrogen) atoms. The standard InChI is InChI=1S/C9H9BrClNO2/c10-6-1-5(2-7(11)4-6)3-8(12)9(13)14/h1-2,4,8H,3,12H2,(H,13,14)/t8-/m1/s1. The van der Waals surface area contributed by atoms with Crippen molar-refractivity contribution in [2.24, 2.45) is 5.73 Å². The zero-order chi connectivity index (χ0) is 10.7. The van der Waals surface area contributed by atoms with Crippen molar-refractivity contribution in [3.8, 4) is 0 Å². The van der Waals surface area contributed by atoms with Gasteiger partial charge < -0.3 is 10.8 Å². The highest BCUT2D eigenvalue weighted by molar-refractivity contribution is 9.10. The largest absolute Gasteiger partial charge is 0.480 e. The Kier molecular flexibility index (Phi) is 3.92. The molecule has 0 unspecified atom stereocenters. The van der Waals surface area contributed by atoms with Crippen molar-refractivity contribution in [2.45, 2.75) is 12.5 Å². The molecule has 0 heterocycles. The predicted molar refractivity (Wildman–Crippen MR) is 58.5 cm³/mol. The van der Waals surface area contributed by atoms with Crippen molar-refractivity contribution < 1.29 is 9.90 Å². The number of carboxylic acid groups (broad SMARTS) is 1. The molecule has 0 aliphatic heterocycles. The van der Waals surface area contributed by atoms with Gasteiger partial charge >= 0.3 is 5.97 Å². The highest BCUT2D eigenvalue weighted by atomic mass is 79.9. The van der Waals surface area contributed by atoms with Crippen LogP contribution in [0.2, 0.25) is 5.02 Å². The van der Waals surface area contributed by atoms with Crippen LogP contribution in [0.3, 0.4) is 0 Å². The molecular formula is C9H9BrClNO2. The Hall–Kier alpha value is -0.580. The molecule has 0 fully saturated rings. The minimum Gasteiger partial charge on any atom is -0.480 e. The molecule has 1 rings (SSSR count). The van der Waals surface area contributed by atoms with Crippen LogP contribution in [0, 0.1) is 0 Å². The topological polar surface area (TPSA) is 63.3 Å². The Morgan fingerprint density at radius 2 is 2.21 bits per heavy atom. The van der Waals surface area contributed by atoms with E-state index in [9.17, 15) is 4.79 Å². The van der Waals surface area contributed by atoms with Crippen LogP contribution in [-0.2, 0) is 11.2 Å². The highest BCUT2D eigenvalue weighted by Gasteiger charge is 2.12. The lowest BCUT2D eigenvalue weighted by molar-refractivity contribution is -0.138. The van der Waals surface area contributed by atoms with Gasteiger partial charge in [0.2, 0.25) is 0 Å². The third-order valence-corrected chi connectivity index (χ3v) is 2.37. The van der Waals surface area contributed by atoms with Gasteiger partial charge in [-0.2, -0.15) is 0 Å². The number of rotatable bonds is 3. The van der Waals surface area contributed by atoms with Crippen molar-refractivity contribution in [3.05, 3.63) is 33.3 Å². The van der Waals surface area contributed by atoms with Gasteiger partial charge in [0.15, 0.2) is 0 Å². The Labute approximate surface area is 95.0 Å². The molecule has 1 aromatic carbocycles. The van der Waals surface area contributed by atoms with Gasteiger partial charge in [0.1, 0.15) is 6.04 Å². The molecule has 76 valence electrons. The summed E-state index contributed by atoms with van der Waals surface area (Å²) in [4.78, 5) is 10.5. The van der Waals surface area contributed by atoms with Crippen LogP contribution in [-0.4, -0.2) is 17.1 Å². The number of aliphatic carboxylic acids is 1. The normalized spacial score (nSPS) is 12.5. The number of carboxylic acids is 1. The second-order valence-electron chi connectivity index (χ2n) is 2.93. The number of nitrogens with two attached hydrogens (primary N) is 1. The molecule has 0 radical (unpaired) electrons. The summed E-state index contributed by atoms with van der Waals surface area (Å²) in [5.74, 6) is -1.01. The van der Waals surface area contributed by atoms with Crippen molar-refractivity contribution >= 4 is 33.5 Å². The van der Waals surface area contributed by atoms with E-state index < -0.39 is 12.0 Å². The summed E-state index contributed by atoms with van der Waals surface area (Å²) in [6, 6.07) is 4.35. The van der Waals surface area contributed by atoms with Crippen molar-refractivity contribution in [3.63, 3.8) is 0 Å². The molecule has 0 bridgehead atoms. The quantitative estimate of drug-likeness (QED) is 0.889. The van der Waals surface area contributed by atoms with Crippen LogP contribution >= 0.6 is 27.5 Å². The number of hydrogen-bond acceptors (Lipinski definition) is 2. The van der Waals surface area contributed by atoms with Crippen LogP contribution < -0.4 is 5.73 Å². The van der Waals surface area contributed by atoms with Gasteiger partial charge in [-0.15, -0.1) is 0 Å². The summed E-state index contributed by atoms with van der Waals surface area (Å²) >= 11 is 9.06. The average molecular weight is 279 g/mol. The summed E-state index contributed by atoms with van der Waals surface area (Å²) in [6.07, 6.45) is 0.272. The van der Waals surface area contributed by atoms with E-state index >= 15 is 0 Å². The van der Waals surface area contributed by atoms with Crippen LogP contribution in [0.15, 0.2) is 22.7 Å². The van der Waals surface area contributed by atoms with Gasteiger partial charge in [-0.3, -0.25) is 4.79 Å². The zero-order valence-corrected chi connectivity index (χ0v) is 9.55. The fourth-order valence-electron chi connectivity index (χ4n) is 1.07. The third-order valence-electron chi connectivity index (χ3n) is 1.70. The van der Waals surface area contributed by atoms with Gasteiger partial charge in [-0.25, -0.2) is 0 Å². The van der Waals surface area contributed by atoms with E-state index in [1.54, 1.807) is 18.2 Å². The number of hydrogen-bond donors (Lipinski definition) is 2. The summed E-state index contributed by atoms with van der Waals surface area (Å²) in [7, 11) is 0. The first kappa shape index (κ1) is 11.5. The van der Waals surface area contributed by atoms with Crippen LogP contribution in [0.4, 0.5) is 0 Å². The molecule has 0 aliphatic carbocycles. The maximum atomic E-state index is 10.5. The zero-order valence-electron chi connectivity index (χ0n) is 7.21. The lowest BCUT2D eigenvalue weighted by Gasteiger charge is -2.07. The molecule has 0 amide bonds. The lowest BCUT2D eigenvalue weighted by Crippen LogP contribution is -2.32. The summed E-state index contributed by atoms with van der Waals surface area (Å²) in [5, 5.41) is 9.17. The third kappa shape index (κ3) is 3.29. The summed E-state index contributed by atoms with van der Waals surface area (Å²) < 4.78 is 0.817. The lowest BCUT2D eigenvalue weighted by atomic mass is 10.1. The molecule has 0 aliphatic rings. The van der Waals surface area contributed by atoms with Crippen LogP contribution in [0.5, 0.6) is 0 Å². The maximum Gasteiger partial charge on any atom is 0.320 e. The number of benzene rings is 1. The van der Waals surface area contributed by atoms with Gasteiger partial charge in [0.25, 0.3) is 0 Å². The molecule has 0 spiro atoms. The Bertz CT molecular complexity index is 336. The van der Waals surface area contributed by atoms with Crippen molar-refractivity contribution in [1.29, 1.82) is 0 Å². The molecular weight excluding hydrogens is 269 g/mol. The number of carbonyl (C=O) groups is 1. The van der Waals surface area contributed by atoms with E-state index in [0.717, 1.165) is 10.0 Å². The highest BCUT2D eigenvalue weighted by Crippen LogP contribution is 2.20. The Morgan fingerprint density at radius 3 is 2.71 bits per heavy atom. The molecule has 0 aromatic heterocycles. The molecule has 5 heteroatoms.